The number of hydrogen-bond donors (Lipinski definition) is 2. The molecule has 7 nitrogen and oxygen atoms in total. The Hall–Kier alpha value is -4.17. The second-order valence-electron chi connectivity index (χ2n) is 11.4. The maximum Gasteiger partial charge on any atom is 0.253 e. The van der Waals surface area contributed by atoms with Gasteiger partial charge in [-0.3, -0.25) is 14.5 Å². The first-order valence-corrected chi connectivity index (χ1v) is 14.7. The number of nitrogens with one attached hydrogen (secondary N) is 1. The van der Waals surface area contributed by atoms with Crippen LogP contribution in [0.5, 0.6) is 5.75 Å². The number of piperidine rings is 1. The van der Waals surface area contributed by atoms with Crippen LogP contribution in [0, 0.1) is 11.7 Å². The van der Waals surface area contributed by atoms with Gasteiger partial charge in [0.25, 0.3) is 11.8 Å². The molecule has 2 amide bonds. The van der Waals surface area contributed by atoms with Gasteiger partial charge in [0, 0.05) is 36.0 Å². The van der Waals surface area contributed by atoms with Crippen LogP contribution in [0.4, 0.5) is 4.39 Å². The Morgan fingerprint density at radius 3 is 2.50 bits per heavy atom. The number of furan rings is 1. The summed E-state index contributed by atoms with van der Waals surface area (Å²) in [5.41, 5.74) is 9.45. The minimum Gasteiger partial charge on any atom is -0.492 e. The van der Waals surface area contributed by atoms with Crippen molar-refractivity contribution >= 4 is 22.8 Å². The molecule has 220 valence electrons. The van der Waals surface area contributed by atoms with Crippen molar-refractivity contribution in [2.75, 3.05) is 32.8 Å². The second kappa shape index (κ2) is 13.2. The third kappa shape index (κ3) is 6.99. The minimum atomic E-state index is -0.629. The molecule has 0 aliphatic carbocycles. The van der Waals surface area contributed by atoms with Crippen LogP contribution in [-0.4, -0.2) is 49.5 Å². The zero-order valence-electron chi connectivity index (χ0n) is 24.3. The number of rotatable bonds is 11. The number of halogens is 1. The normalized spacial score (nSPS) is 13.9. The number of benzene rings is 3. The topological polar surface area (TPSA) is 97.8 Å². The van der Waals surface area contributed by atoms with Crippen molar-refractivity contribution in [3.63, 3.8) is 0 Å². The second-order valence-corrected chi connectivity index (χ2v) is 11.4. The average molecular weight is 572 g/mol. The third-order valence-corrected chi connectivity index (χ3v) is 7.61. The summed E-state index contributed by atoms with van der Waals surface area (Å²) in [7, 11) is 0. The van der Waals surface area contributed by atoms with Gasteiger partial charge in [-0.15, -0.1) is 0 Å². The Kier molecular flexibility index (Phi) is 9.22. The summed E-state index contributed by atoms with van der Waals surface area (Å²) in [5, 5.41) is 3.57. The summed E-state index contributed by atoms with van der Waals surface area (Å²) in [5.74, 6) is 0.228. The molecule has 1 aromatic heterocycles. The zero-order valence-corrected chi connectivity index (χ0v) is 24.3. The molecule has 0 radical (unpaired) electrons. The predicted octanol–water partition coefficient (Wildman–Crippen LogP) is 6.18. The van der Waals surface area contributed by atoms with Crippen molar-refractivity contribution in [2.24, 2.45) is 11.7 Å². The highest BCUT2D eigenvalue weighted by Crippen LogP contribution is 2.35. The molecule has 3 N–H and O–H groups in total. The van der Waals surface area contributed by atoms with E-state index in [1.165, 1.54) is 31.4 Å². The fourth-order valence-electron chi connectivity index (χ4n) is 5.39. The summed E-state index contributed by atoms with van der Waals surface area (Å²) >= 11 is 0. The number of hydrogen-bond acceptors (Lipinski definition) is 5. The summed E-state index contributed by atoms with van der Waals surface area (Å²) in [6.07, 6.45) is 4.19. The van der Waals surface area contributed by atoms with Gasteiger partial charge < -0.3 is 20.2 Å². The molecule has 1 aliphatic heterocycles. The van der Waals surface area contributed by atoms with Crippen LogP contribution in [0.1, 0.15) is 65.0 Å². The molecular formula is C34H38FN3O4. The third-order valence-electron chi connectivity index (χ3n) is 7.61. The van der Waals surface area contributed by atoms with Gasteiger partial charge in [-0.25, -0.2) is 4.39 Å². The lowest BCUT2D eigenvalue weighted by Gasteiger charge is -2.26. The summed E-state index contributed by atoms with van der Waals surface area (Å²) in [6, 6.07) is 16.9. The highest BCUT2D eigenvalue weighted by molar-refractivity contribution is 6.10. The molecule has 1 aliphatic rings. The number of fused-ring (bicyclic) bond motifs is 1. The van der Waals surface area contributed by atoms with Gasteiger partial charge in [-0.1, -0.05) is 26.3 Å². The van der Waals surface area contributed by atoms with Crippen molar-refractivity contribution in [1.82, 2.24) is 10.2 Å². The van der Waals surface area contributed by atoms with Gasteiger partial charge in [-0.05, 0) is 97.6 Å². The zero-order chi connectivity index (χ0) is 29.6. The van der Waals surface area contributed by atoms with Gasteiger partial charge >= 0.3 is 0 Å². The molecule has 3 aromatic carbocycles. The Morgan fingerprint density at radius 2 is 1.79 bits per heavy atom. The van der Waals surface area contributed by atoms with E-state index in [0.29, 0.717) is 53.3 Å². The maximum atomic E-state index is 13.5. The number of carbonyl (C=O) groups excluding carboxylic acids is 2. The Bertz CT molecular complexity index is 1560. The van der Waals surface area contributed by atoms with Crippen LogP contribution in [0.25, 0.3) is 22.3 Å². The van der Waals surface area contributed by atoms with E-state index in [4.69, 9.17) is 14.9 Å². The van der Waals surface area contributed by atoms with E-state index < -0.39 is 5.91 Å². The first-order valence-electron chi connectivity index (χ1n) is 14.7. The number of ether oxygens (including phenoxy) is 1. The van der Waals surface area contributed by atoms with Gasteiger partial charge in [0.15, 0.2) is 0 Å². The van der Waals surface area contributed by atoms with Gasteiger partial charge in [0.05, 0.1) is 5.56 Å². The fraction of sp³-hybridized carbons (Fsp3) is 0.353. The molecule has 1 saturated heterocycles. The largest absolute Gasteiger partial charge is 0.492 e. The average Bonchev–Trinajstić information content (AvgIpc) is 3.36. The van der Waals surface area contributed by atoms with Gasteiger partial charge in [-0.2, -0.15) is 0 Å². The predicted molar refractivity (Wildman–Crippen MR) is 162 cm³/mol. The van der Waals surface area contributed by atoms with E-state index in [-0.39, 0.29) is 17.3 Å². The first-order chi connectivity index (χ1) is 20.3. The Morgan fingerprint density at radius 1 is 1.02 bits per heavy atom. The molecule has 1 fully saturated rings. The quantitative estimate of drug-likeness (QED) is 0.224. The maximum absolute atomic E-state index is 13.5. The SMILES string of the molecule is CC(C)CNC(=O)c1ccc(OCCN2CCCCC2)c(Cc2ccc3oc(-c4ccc(F)cc4)c(C(N)=O)c3c2)c1. The number of nitrogens with zero attached hydrogens (tertiary/aromatic N) is 1. The van der Waals surface area contributed by atoms with Crippen LogP contribution in [0.15, 0.2) is 65.1 Å². The number of amides is 2. The summed E-state index contributed by atoms with van der Waals surface area (Å²) < 4.78 is 25.8. The standard InChI is InChI=1S/C34H38FN3O4/c1-22(2)21-37-34(40)25-9-13-29(41-17-16-38-14-4-3-5-15-38)26(20-25)18-23-6-12-30-28(19-23)31(33(36)39)32(42-30)24-7-10-27(35)11-8-24/h6-13,19-20,22H,3-5,14-18,21H2,1-2H3,(H2,36,39)(H,37,40). The highest BCUT2D eigenvalue weighted by atomic mass is 19.1. The van der Waals surface area contributed by atoms with Crippen molar-refractivity contribution < 1.29 is 23.1 Å². The minimum absolute atomic E-state index is 0.130. The monoisotopic (exact) mass is 571 g/mol. The number of carbonyl (C=O) groups is 2. The summed E-state index contributed by atoms with van der Waals surface area (Å²) in [6.45, 7) is 8.30. The van der Waals surface area contributed by atoms with E-state index in [1.54, 1.807) is 24.3 Å². The molecule has 4 aromatic rings. The molecule has 2 heterocycles. The van der Waals surface area contributed by atoms with E-state index >= 15 is 0 Å². The fourth-order valence-corrected chi connectivity index (χ4v) is 5.39. The molecule has 5 rings (SSSR count). The van der Waals surface area contributed by atoms with Crippen LogP contribution in [0.2, 0.25) is 0 Å². The lowest BCUT2D eigenvalue weighted by molar-refractivity contribution is 0.0947. The Labute approximate surface area is 245 Å². The van der Waals surface area contributed by atoms with Crippen LogP contribution >= 0.6 is 0 Å². The van der Waals surface area contributed by atoms with Gasteiger partial charge in [0.2, 0.25) is 0 Å². The smallest absolute Gasteiger partial charge is 0.253 e. The van der Waals surface area contributed by atoms with Crippen LogP contribution in [-0.2, 0) is 6.42 Å². The first kappa shape index (κ1) is 29.3. The number of nitrogens with two attached hydrogens (primary N) is 1. The van der Waals surface area contributed by atoms with E-state index in [0.717, 1.165) is 36.5 Å². The number of likely N-dealkylation sites (tertiary alicyclic amines) is 1. The molecule has 42 heavy (non-hydrogen) atoms. The van der Waals surface area contributed by atoms with E-state index in [2.05, 4.69) is 24.1 Å². The molecule has 0 atom stereocenters. The van der Waals surface area contributed by atoms with Crippen LogP contribution < -0.4 is 15.8 Å². The van der Waals surface area contributed by atoms with Crippen molar-refractivity contribution in [3.05, 3.63) is 88.7 Å². The molecule has 0 unspecified atom stereocenters. The van der Waals surface area contributed by atoms with E-state index in [1.807, 2.05) is 24.3 Å². The highest BCUT2D eigenvalue weighted by Gasteiger charge is 2.21. The van der Waals surface area contributed by atoms with E-state index in [9.17, 15) is 14.0 Å². The lowest BCUT2D eigenvalue weighted by atomic mass is 9.98. The number of primary amides is 1. The molecular weight excluding hydrogens is 533 g/mol. The summed E-state index contributed by atoms with van der Waals surface area (Å²) in [4.78, 5) is 27.9. The van der Waals surface area contributed by atoms with Crippen molar-refractivity contribution in [1.29, 1.82) is 0 Å². The van der Waals surface area contributed by atoms with Crippen LogP contribution in [0.3, 0.4) is 0 Å². The molecule has 0 bridgehead atoms. The molecule has 8 heteroatoms. The van der Waals surface area contributed by atoms with Crippen molar-refractivity contribution in [2.45, 2.75) is 39.5 Å². The molecule has 0 spiro atoms. The van der Waals surface area contributed by atoms with Gasteiger partial charge in [0.1, 0.15) is 29.5 Å². The Balaban J connectivity index is 1.44. The molecule has 0 saturated carbocycles. The lowest BCUT2D eigenvalue weighted by Crippen LogP contribution is -2.33. The van der Waals surface area contributed by atoms with Crippen molar-refractivity contribution in [3.8, 4) is 17.1 Å².